The van der Waals surface area contributed by atoms with Crippen LogP contribution in [0.2, 0.25) is 0 Å². The molecule has 3 aliphatic rings. The first-order chi connectivity index (χ1) is 20.9. The van der Waals surface area contributed by atoms with Crippen molar-refractivity contribution in [2.45, 2.75) is 95.8 Å². The first kappa shape index (κ1) is 32.2. The maximum absolute atomic E-state index is 13.1. The number of aryl methyl sites for hydroxylation is 1. The third-order valence-electron chi connectivity index (χ3n) is 9.49. The molecule has 3 amide bonds. The van der Waals surface area contributed by atoms with Crippen molar-refractivity contribution in [2.75, 3.05) is 39.8 Å². The topological polar surface area (TPSA) is 115 Å². The van der Waals surface area contributed by atoms with Gasteiger partial charge >= 0.3 is 11.8 Å². The van der Waals surface area contributed by atoms with Crippen molar-refractivity contribution >= 4 is 28.9 Å². The Labute approximate surface area is 259 Å². The number of nitrogens with zero attached hydrogens (tertiary/aromatic N) is 4. The summed E-state index contributed by atoms with van der Waals surface area (Å²) >= 11 is 0. The number of aromatic nitrogens is 2. The molecule has 1 N–H and O–H groups in total. The molecule has 0 bridgehead atoms. The summed E-state index contributed by atoms with van der Waals surface area (Å²) in [6, 6.07) is 5.53. The summed E-state index contributed by atoms with van der Waals surface area (Å²) in [5.41, 5.74) is 2.08. The minimum Gasteiger partial charge on any atom is -0.444 e. The standard InChI is InChI=1S/C33H49N5O6/c1-33(2,3)44-32(42)35(4)18-19-43-25-9-6-22(7-10-25)21-37-16-14-23(15-17-37)24-8-11-26-28(20-24)36(5)31(41)38(26)27-12-13-29(39)34-30(27)40/h8,11,20,22-23,25,27H,6-7,9-10,12-19,21H2,1-5H3,(H,34,39,40). The average molecular weight is 612 g/mol. The van der Waals surface area contributed by atoms with Crippen LogP contribution < -0.4 is 11.0 Å². The summed E-state index contributed by atoms with van der Waals surface area (Å²) in [5.74, 6) is 0.435. The molecule has 1 unspecified atom stereocenters. The van der Waals surface area contributed by atoms with Gasteiger partial charge in [0.1, 0.15) is 11.6 Å². The number of hydrogen-bond donors (Lipinski definition) is 1. The molecule has 1 aromatic carbocycles. The molecule has 0 radical (unpaired) electrons. The van der Waals surface area contributed by atoms with E-state index < -0.39 is 17.6 Å². The van der Waals surface area contributed by atoms with E-state index in [0.29, 0.717) is 31.4 Å². The van der Waals surface area contributed by atoms with Gasteiger partial charge in [-0.15, -0.1) is 0 Å². The van der Waals surface area contributed by atoms with Gasteiger partial charge < -0.3 is 19.3 Å². The minimum absolute atomic E-state index is 0.227. The lowest BCUT2D eigenvalue weighted by atomic mass is 9.85. The molecule has 1 aliphatic carbocycles. The van der Waals surface area contributed by atoms with Gasteiger partial charge in [-0.1, -0.05) is 6.07 Å². The van der Waals surface area contributed by atoms with Gasteiger partial charge in [-0.25, -0.2) is 9.59 Å². The van der Waals surface area contributed by atoms with E-state index in [2.05, 4.69) is 22.3 Å². The number of benzene rings is 1. The molecule has 2 aliphatic heterocycles. The lowest BCUT2D eigenvalue weighted by molar-refractivity contribution is -0.135. The maximum Gasteiger partial charge on any atom is 0.410 e. The van der Waals surface area contributed by atoms with E-state index in [9.17, 15) is 19.2 Å². The van der Waals surface area contributed by atoms with Crippen molar-refractivity contribution in [1.29, 1.82) is 0 Å². The number of ether oxygens (including phenoxy) is 2. The van der Waals surface area contributed by atoms with Crippen LogP contribution in [0.4, 0.5) is 4.79 Å². The van der Waals surface area contributed by atoms with E-state index >= 15 is 0 Å². The van der Waals surface area contributed by atoms with Crippen molar-refractivity contribution in [3.8, 4) is 0 Å². The third-order valence-corrected chi connectivity index (χ3v) is 9.49. The zero-order valence-electron chi connectivity index (χ0n) is 27.0. The zero-order chi connectivity index (χ0) is 31.6. The van der Waals surface area contributed by atoms with Crippen LogP contribution in [0.15, 0.2) is 23.0 Å². The van der Waals surface area contributed by atoms with E-state index in [0.717, 1.165) is 56.4 Å². The predicted octanol–water partition coefficient (Wildman–Crippen LogP) is 3.94. The second-order valence-electron chi connectivity index (χ2n) is 13.9. The molecular weight excluding hydrogens is 562 g/mol. The Hall–Kier alpha value is -3.18. The normalized spacial score (nSPS) is 24.0. The van der Waals surface area contributed by atoms with Gasteiger partial charge in [-0.05, 0) is 108 Å². The molecule has 242 valence electrons. The van der Waals surface area contributed by atoms with Crippen molar-refractivity contribution in [1.82, 2.24) is 24.3 Å². The molecule has 3 fully saturated rings. The van der Waals surface area contributed by atoms with Gasteiger partial charge in [0.2, 0.25) is 11.8 Å². The fourth-order valence-corrected chi connectivity index (χ4v) is 6.95. The molecule has 11 heteroatoms. The van der Waals surface area contributed by atoms with Gasteiger partial charge in [0, 0.05) is 33.6 Å². The Balaban J connectivity index is 1.07. The highest BCUT2D eigenvalue weighted by molar-refractivity contribution is 6.00. The Bertz CT molecular complexity index is 1410. The summed E-state index contributed by atoms with van der Waals surface area (Å²) in [4.78, 5) is 53.6. The number of carbonyl (C=O) groups is 3. The summed E-state index contributed by atoms with van der Waals surface area (Å²) in [5, 5.41) is 2.37. The van der Waals surface area contributed by atoms with E-state index in [-0.39, 0.29) is 30.2 Å². The highest BCUT2D eigenvalue weighted by Crippen LogP contribution is 2.33. The van der Waals surface area contributed by atoms with Crippen LogP contribution in [0.5, 0.6) is 0 Å². The molecule has 11 nitrogen and oxygen atoms in total. The van der Waals surface area contributed by atoms with Crippen molar-refractivity contribution < 1.29 is 23.9 Å². The average Bonchev–Trinajstić information content (AvgIpc) is 3.22. The van der Waals surface area contributed by atoms with E-state index in [1.165, 1.54) is 18.4 Å². The van der Waals surface area contributed by atoms with Crippen LogP contribution in [0.1, 0.15) is 89.7 Å². The lowest BCUT2D eigenvalue weighted by Gasteiger charge is -2.37. The number of likely N-dealkylation sites (N-methyl/N-ethyl adjacent to an activating group) is 1. The molecule has 2 saturated heterocycles. The summed E-state index contributed by atoms with van der Waals surface area (Å²) in [7, 11) is 3.50. The molecule has 0 spiro atoms. The number of imide groups is 1. The minimum atomic E-state index is -0.662. The summed E-state index contributed by atoms with van der Waals surface area (Å²) in [6.45, 7) is 9.91. The van der Waals surface area contributed by atoms with Crippen LogP contribution in [0.25, 0.3) is 11.0 Å². The Morgan fingerprint density at radius 1 is 1.00 bits per heavy atom. The number of hydrogen-bond acceptors (Lipinski definition) is 7. The second-order valence-corrected chi connectivity index (χ2v) is 13.9. The molecule has 3 heterocycles. The van der Waals surface area contributed by atoms with Crippen molar-refractivity contribution in [3.05, 3.63) is 34.2 Å². The molecule has 1 saturated carbocycles. The van der Waals surface area contributed by atoms with Crippen LogP contribution in [0.3, 0.4) is 0 Å². The highest BCUT2D eigenvalue weighted by Gasteiger charge is 2.32. The third kappa shape index (κ3) is 7.54. The van der Waals surface area contributed by atoms with E-state index in [1.807, 2.05) is 26.8 Å². The monoisotopic (exact) mass is 611 g/mol. The first-order valence-corrected chi connectivity index (χ1v) is 16.2. The smallest absolute Gasteiger partial charge is 0.410 e. The number of imidazole rings is 1. The number of amides is 3. The number of likely N-dealkylation sites (tertiary alicyclic amines) is 1. The van der Waals surface area contributed by atoms with Crippen molar-refractivity contribution in [3.63, 3.8) is 0 Å². The Kier molecular flexibility index (Phi) is 9.84. The molecule has 1 atom stereocenters. The highest BCUT2D eigenvalue weighted by atomic mass is 16.6. The quantitative estimate of drug-likeness (QED) is 0.450. The largest absolute Gasteiger partial charge is 0.444 e. The summed E-state index contributed by atoms with van der Waals surface area (Å²) in [6.07, 6.45) is 7.15. The zero-order valence-corrected chi connectivity index (χ0v) is 27.0. The fourth-order valence-electron chi connectivity index (χ4n) is 6.95. The fraction of sp³-hybridized carbons (Fsp3) is 0.697. The van der Waals surface area contributed by atoms with Gasteiger partial charge in [0.25, 0.3) is 0 Å². The SMILES string of the molecule is CN(CCOC1CCC(CN2CCC(c3ccc4c(c3)n(C)c(=O)n4C3CCC(=O)NC3=O)CC2)CC1)C(=O)OC(C)(C)C. The van der Waals surface area contributed by atoms with E-state index in [4.69, 9.17) is 9.47 Å². The number of carbonyl (C=O) groups excluding carboxylic acids is 3. The molecule has 44 heavy (non-hydrogen) atoms. The summed E-state index contributed by atoms with van der Waals surface area (Å²) < 4.78 is 14.7. The van der Waals surface area contributed by atoms with Gasteiger partial charge in [0.15, 0.2) is 0 Å². The lowest BCUT2D eigenvalue weighted by Crippen LogP contribution is -2.44. The van der Waals surface area contributed by atoms with Crippen LogP contribution in [-0.4, -0.2) is 88.4 Å². The Morgan fingerprint density at radius 2 is 1.70 bits per heavy atom. The van der Waals surface area contributed by atoms with Crippen LogP contribution >= 0.6 is 0 Å². The predicted molar refractivity (Wildman–Crippen MR) is 168 cm³/mol. The molecular formula is C33H49N5O6. The molecule has 2 aromatic rings. The van der Waals surface area contributed by atoms with Gasteiger partial charge in [-0.3, -0.25) is 24.0 Å². The molecule has 5 rings (SSSR count). The second kappa shape index (κ2) is 13.4. The number of fused-ring (bicyclic) bond motifs is 1. The van der Waals surface area contributed by atoms with Gasteiger partial charge in [-0.2, -0.15) is 0 Å². The van der Waals surface area contributed by atoms with Crippen molar-refractivity contribution in [2.24, 2.45) is 13.0 Å². The van der Waals surface area contributed by atoms with Crippen LogP contribution in [0, 0.1) is 5.92 Å². The van der Waals surface area contributed by atoms with E-state index in [1.54, 1.807) is 28.1 Å². The molecule has 1 aromatic heterocycles. The maximum atomic E-state index is 13.1. The van der Waals surface area contributed by atoms with Gasteiger partial charge in [0.05, 0.1) is 23.7 Å². The number of nitrogens with one attached hydrogen (secondary N) is 1. The van der Waals surface area contributed by atoms with Crippen LogP contribution in [-0.2, 0) is 26.1 Å². The Morgan fingerprint density at radius 3 is 2.36 bits per heavy atom. The number of piperidine rings is 2. The first-order valence-electron chi connectivity index (χ1n) is 16.2. The number of rotatable bonds is 8.